The van der Waals surface area contributed by atoms with Gasteiger partial charge in [-0.15, -0.1) is 5.10 Å². The Bertz CT molecular complexity index is 1070. The van der Waals surface area contributed by atoms with Crippen LogP contribution in [0.1, 0.15) is 30.7 Å². The van der Waals surface area contributed by atoms with Gasteiger partial charge in [0.25, 0.3) is 5.91 Å². The third kappa shape index (κ3) is 5.03. The van der Waals surface area contributed by atoms with Crippen LogP contribution in [0.2, 0.25) is 5.02 Å². The van der Waals surface area contributed by atoms with E-state index in [1.54, 1.807) is 29.2 Å². The Morgan fingerprint density at radius 2 is 1.94 bits per heavy atom. The number of nitrogens with zero attached hydrogens (tertiary/aromatic N) is 3. The lowest BCUT2D eigenvalue weighted by molar-refractivity contribution is -0.118. The number of hydrogen-bond acceptors (Lipinski definition) is 6. The van der Waals surface area contributed by atoms with Crippen molar-refractivity contribution in [2.45, 2.75) is 25.7 Å². The second kappa shape index (κ2) is 9.18. The summed E-state index contributed by atoms with van der Waals surface area (Å²) < 4.78 is 11.0. The van der Waals surface area contributed by atoms with Crippen LogP contribution in [0.3, 0.4) is 0 Å². The summed E-state index contributed by atoms with van der Waals surface area (Å²) in [5.41, 5.74) is 1.95. The molecule has 2 heterocycles. The summed E-state index contributed by atoms with van der Waals surface area (Å²) in [6, 6.07) is 14.6. The number of benzene rings is 2. The van der Waals surface area contributed by atoms with Crippen LogP contribution in [0.4, 0.5) is 11.7 Å². The second-order valence-corrected chi connectivity index (χ2v) is 7.60. The van der Waals surface area contributed by atoms with Gasteiger partial charge in [0.2, 0.25) is 11.8 Å². The summed E-state index contributed by atoms with van der Waals surface area (Å²) in [5.74, 6) is 0.190. The van der Waals surface area contributed by atoms with E-state index < -0.39 is 5.91 Å². The number of aromatic nitrogens is 2. The van der Waals surface area contributed by atoms with Crippen LogP contribution in [0.5, 0.6) is 5.75 Å². The molecule has 1 aliphatic heterocycles. The van der Waals surface area contributed by atoms with E-state index in [-0.39, 0.29) is 30.9 Å². The van der Waals surface area contributed by atoms with Crippen molar-refractivity contribution in [1.82, 2.24) is 10.2 Å². The molecule has 1 aliphatic rings. The fourth-order valence-electron chi connectivity index (χ4n) is 3.32. The second-order valence-electron chi connectivity index (χ2n) is 7.16. The lowest BCUT2D eigenvalue weighted by Crippen LogP contribution is -2.24. The number of halogens is 1. The van der Waals surface area contributed by atoms with Crippen LogP contribution in [0.15, 0.2) is 52.9 Å². The molecule has 1 fully saturated rings. The average molecular weight is 441 g/mol. The van der Waals surface area contributed by atoms with Gasteiger partial charge in [-0.25, -0.2) is 0 Å². The molecule has 0 radical (unpaired) electrons. The molecule has 4 rings (SSSR count). The molecule has 2 amide bonds. The zero-order valence-electron chi connectivity index (χ0n) is 16.9. The predicted octanol–water partition coefficient (Wildman–Crippen LogP) is 3.82. The number of hydrogen-bond donors (Lipinski definition) is 1. The summed E-state index contributed by atoms with van der Waals surface area (Å²) in [5, 5.41) is 11.0. The Morgan fingerprint density at radius 1 is 1.19 bits per heavy atom. The smallest absolute Gasteiger partial charge is 0.322 e. The van der Waals surface area contributed by atoms with Gasteiger partial charge >= 0.3 is 6.01 Å². The summed E-state index contributed by atoms with van der Waals surface area (Å²) >= 11 is 5.91. The number of carbonyl (C=O) groups is 2. The Morgan fingerprint density at radius 3 is 2.65 bits per heavy atom. The number of nitrogens with one attached hydrogen (secondary N) is 1. The van der Waals surface area contributed by atoms with Gasteiger partial charge in [-0.05, 0) is 48.4 Å². The first-order valence-electron chi connectivity index (χ1n) is 9.92. The first kappa shape index (κ1) is 20.9. The van der Waals surface area contributed by atoms with E-state index in [9.17, 15) is 9.59 Å². The van der Waals surface area contributed by atoms with E-state index in [2.05, 4.69) is 22.4 Å². The van der Waals surface area contributed by atoms with Gasteiger partial charge in [-0.3, -0.25) is 14.9 Å². The molecule has 1 saturated heterocycles. The van der Waals surface area contributed by atoms with Gasteiger partial charge in [-0.2, -0.15) is 0 Å². The molecule has 0 saturated carbocycles. The van der Waals surface area contributed by atoms with Gasteiger partial charge in [0.1, 0.15) is 5.75 Å². The molecule has 8 nitrogen and oxygen atoms in total. The highest BCUT2D eigenvalue weighted by Gasteiger charge is 2.35. The molecule has 1 atom stereocenters. The van der Waals surface area contributed by atoms with Crippen LogP contribution >= 0.6 is 11.6 Å². The van der Waals surface area contributed by atoms with E-state index in [1.807, 2.05) is 24.3 Å². The highest BCUT2D eigenvalue weighted by atomic mass is 35.5. The Hall–Kier alpha value is -3.39. The molecule has 1 N–H and O–H groups in total. The number of anilines is 2. The molecular formula is C22H21ClN4O4. The highest BCUT2D eigenvalue weighted by molar-refractivity contribution is 6.30. The fraction of sp³-hybridized carbons (Fsp3) is 0.273. The molecule has 0 aliphatic carbocycles. The molecule has 9 heteroatoms. The standard InChI is InChI=1S/C22H21ClN4O4/c1-2-14-3-9-18(10-4-14)30-13-19(28)24-22-26-25-21(31-22)15-11-20(29)27(12-15)17-7-5-16(23)6-8-17/h3-10,15H,2,11-13H2,1H3,(H,24,26,28)/t15-/m0/s1. The minimum atomic E-state index is -0.417. The maximum atomic E-state index is 12.4. The summed E-state index contributed by atoms with van der Waals surface area (Å²) in [6.07, 6.45) is 1.18. The zero-order valence-corrected chi connectivity index (χ0v) is 17.6. The van der Waals surface area contributed by atoms with Crippen LogP contribution in [-0.2, 0) is 16.0 Å². The largest absolute Gasteiger partial charge is 0.484 e. The van der Waals surface area contributed by atoms with E-state index in [0.717, 1.165) is 12.1 Å². The Balaban J connectivity index is 1.32. The minimum Gasteiger partial charge on any atom is -0.484 e. The molecule has 3 aromatic rings. The van der Waals surface area contributed by atoms with Crippen LogP contribution in [-0.4, -0.2) is 35.2 Å². The summed E-state index contributed by atoms with van der Waals surface area (Å²) in [6.45, 7) is 2.29. The van der Waals surface area contributed by atoms with Crippen molar-refractivity contribution in [3.8, 4) is 5.75 Å². The topological polar surface area (TPSA) is 97.6 Å². The number of aryl methyl sites for hydroxylation is 1. The normalized spacial score (nSPS) is 15.9. The van der Waals surface area contributed by atoms with Crippen molar-refractivity contribution in [2.24, 2.45) is 0 Å². The van der Waals surface area contributed by atoms with Crippen molar-refractivity contribution in [3.05, 3.63) is 65.0 Å². The maximum Gasteiger partial charge on any atom is 0.322 e. The van der Waals surface area contributed by atoms with Crippen LogP contribution in [0.25, 0.3) is 0 Å². The minimum absolute atomic E-state index is 0.0256. The van der Waals surface area contributed by atoms with Crippen molar-refractivity contribution in [3.63, 3.8) is 0 Å². The van der Waals surface area contributed by atoms with Gasteiger partial charge in [0.15, 0.2) is 6.61 Å². The molecule has 0 unspecified atom stereocenters. The predicted molar refractivity (Wildman–Crippen MR) is 115 cm³/mol. The monoisotopic (exact) mass is 440 g/mol. The summed E-state index contributed by atoms with van der Waals surface area (Å²) in [4.78, 5) is 26.2. The molecule has 31 heavy (non-hydrogen) atoms. The van der Waals surface area contributed by atoms with Crippen molar-refractivity contribution in [2.75, 3.05) is 23.4 Å². The van der Waals surface area contributed by atoms with Crippen molar-refractivity contribution < 1.29 is 18.7 Å². The molecule has 160 valence electrons. The number of carbonyl (C=O) groups excluding carboxylic acids is 2. The number of amides is 2. The maximum absolute atomic E-state index is 12.4. The van der Waals surface area contributed by atoms with Gasteiger partial charge in [0, 0.05) is 23.7 Å². The number of rotatable bonds is 7. The number of ether oxygens (including phenoxy) is 1. The lowest BCUT2D eigenvalue weighted by atomic mass is 10.1. The average Bonchev–Trinajstić information content (AvgIpc) is 3.40. The van der Waals surface area contributed by atoms with Crippen molar-refractivity contribution >= 4 is 35.1 Å². The van der Waals surface area contributed by atoms with E-state index in [1.165, 1.54) is 5.56 Å². The van der Waals surface area contributed by atoms with Crippen LogP contribution in [0, 0.1) is 0 Å². The first-order valence-corrected chi connectivity index (χ1v) is 10.3. The zero-order chi connectivity index (χ0) is 21.8. The first-order chi connectivity index (χ1) is 15.0. The Labute approximate surface area is 184 Å². The third-order valence-corrected chi connectivity index (χ3v) is 5.25. The van der Waals surface area contributed by atoms with E-state index in [4.69, 9.17) is 20.8 Å². The molecule has 0 bridgehead atoms. The fourth-order valence-corrected chi connectivity index (χ4v) is 3.45. The summed E-state index contributed by atoms with van der Waals surface area (Å²) in [7, 11) is 0. The van der Waals surface area contributed by atoms with Crippen LogP contribution < -0.4 is 15.0 Å². The third-order valence-electron chi connectivity index (χ3n) is 5.00. The Kier molecular flexibility index (Phi) is 6.18. The molecule has 2 aromatic carbocycles. The lowest BCUT2D eigenvalue weighted by Gasteiger charge is -2.16. The van der Waals surface area contributed by atoms with Crippen molar-refractivity contribution in [1.29, 1.82) is 0 Å². The quantitative estimate of drug-likeness (QED) is 0.599. The molecular weight excluding hydrogens is 420 g/mol. The van der Waals surface area contributed by atoms with Gasteiger partial charge < -0.3 is 14.1 Å². The van der Waals surface area contributed by atoms with E-state index >= 15 is 0 Å². The van der Waals surface area contributed by atoms with E-state index in [0.29, 0.717) is 23.2 Å². The van der Waals surface area contributed by atoms with Gasteiger partial charge in [0.05, 0.1) is 5.92 Å². The molecule has 0 spiro atoms. The highest BCUT2D eigenvalue weighted by Crippen LogP contribution is 2.32. The SMILES string of the molecule is CCc1ccc(OCC(=O)Nc2nnc([C@H]3CC(=O)N(c4ccc(Cl)cc4)C3)o2)cc1. The molecule has 1 aromatic heterocycles. The van der Waals surface area contributed by atoms with Gasteiger partial charge in [-0.1, -0.05) is 35.8 Å².